The molecule has 23 heavy (non-hydrogen) atoms. The number of benzene rings is 1. The molecule has 0 radical (unpaired) electrons. The molecule has 3 aromatic heterocycles. The number of nitrogens with zero attached hydrogens (tertiary/aromatic N) is 3. The number of thiophene rings is 1. The van der Waals surface area contributed by atoms with Crippen LogP contribution in [0.15, 0.2) is 60.1 Å². The second-order valence-electron chi connectivity index (χ2n) is 5.70. The lowest BCUT2D eigenvalue weighted by atomic mass is 10.1. The zero-order valence-corrected chi connectivity index (χ0v) is 13.8. The first-order valence-corrected chi connectivity index (χ1v) is 8.55. The van der Waals surface area contributed by atoms with Gasteiger partial charge in [-0.15, -0.1) is 11.3 Å². The topological polar surface area (TPSA) is 30.7 Å². The standard InChI is InChI=1S/C19H17N3S/c1-14-6-8-15(9-7-14)12-18-21-17-5-2-10-20-19(17)22(18)13-16-4-3-11-23-16/h2-11H,12-13H2,1H3. The van der Waals surface area contributed by atoms with E-state index in [0.29, 0.717) is 0 Å². The molecule has 0 bridgehead atoms. The molecule has 4 rings (SSSR count). The van der Waals surface area contributed by atoms with Crippen LogP contribution in [0.25, 0.3) is 11.2 Å². The first-order valence-electron chi connectivity index (χ1n) is 7.67. The first kappa shape index (κ1) is 14.2. The molecule has 3 heterocycles. The monoisotopic (exact) mass is 319 g/mol. The van der Waals surface area contributed by atoms with E-state index in [0.717, 1.165) is 30.0 Å². The van der Waals surface area contributed by atoms with Crippen molar-refractivity contribution in [1.29, 1.82) is 0 Å². The smallest absolute Gasteiger partial charge is 0.160 e. The summed E-state index contributed by atoms with van der Waals surface area (Å²) >= 11 is 1.77. The second kappa shape index (κ2) is 5.97. The second-order valence-corrected chi connectivity index (χ2v) is 6.73. The number of fused-ring (bicyclic) bond motifs is 1. The Morgan fingerprint density at radius 1 is 1.04 bits per heavy atom. The highest BCUT2D eigenvalue weighted by Crippen LogP contribution is 2.20. The molecule has 0 aliphatic rings. The number of aromatic nitrogens is 3. The number of hydrogen-bond donors (Lipinski definition) is 0. The van der Waals surface area contributed by atoms with Gasteiger partial charge >= 0.3 is 0 Å². The molecule has 0 aliphatic heterocycles. The summed E-state index contributed by atoms with van der Waals surface area (Å²) < 4.78 is 2.24. The van der Waals surface area contributed by atoms with Gasteiger partial charge in [0.15, 0.2) is 5.65 Å². The van der Waals surface area contributed by atoms with Crippen LogP contribution in [-0.2, 0) is 13.0 Å². The van der Waals surface area contributed by atoms with E-state index in [9.17, 15) is 0 Å². The first-order chi connectivity index (χ1) is 11.3. The molecule has 0 atom stereocenters. The van der Waals surface area contributed by atoms with Crippen molar-refractivity contribution in [2.45, 2.75) is 19.9 Å². The highest BCUT2D eigenvalue weighted by Gasteiger charge is 2.13. The van der Waals surface area contributed by atoms with Gasteiger partial charge < -0.3 is 4.57 Å². The molecule has 114 valence electrons. The molecule has 4 aromatic rings. The maximum Gasteiger partial charge on any atom is 0.160 e. The van der Waals surface area contributed by atoms with Gasteiger partial charge in [-0.05, 0) is 36.1 Å². The van der Waals surface area contributed by atoms with E-state index in [4.69, 9.17) is 4.98 Å². The molecule has 0 aliphatic carbocycles. The number of aryl methyl sites for hydroxylation is 1. The van der Waals surface area contributed by atoms with Gasteiger partial charge in [0, 0.05) is 17.5 Å². The largest absolute Gasteiger partial charge is 0.307 e. The Hall–Kier alpha value is -2.46. The summed E-state index contributed by atoms with van der Waals surface area (Å²) in [5.74, 6) is 1.07. The van der Waals surface area contributed by atoms with Crippen LogP contribution in [0.1, 0.15) is 21.8 Å². The zero-order valence-electron chi connectivity index (χ0n) is 12.9. The molecule has 0 unspecified atom stereocenters. The Morgan fingerprint density at radius 2 is 1.91 bits per heavy atom. The Balaban J connectivity index is 1.76. The summed E-state index contributed by atoms with van der Waals surface area (Å²) in [7, 11) is 0. The summed E-state index contributed by atoms with van der Waals surface area (Å²) in [6, 6.07) is 16.9. The van der Waals surface area contributed by atoms with Crippen LogP contribution in [0.4, 0.5) is 0 Å². The predicted molar refractivity (Wildman–Crippen MR) is 94.9 cm³/mol. The molecule has 0 saturated carbocycles. The maximum absolute atomic E-state index is 4.82. The fourth-order valence-electron chi connectivity index (χ4n) is 2.75. The number of hydrogen-bond acceptors (Lipinski definition) is 3. The molecular weight excluding hydrogens is 302 g/mol. The molecular formula is C19H17N3S. The highest BCUT2D eigenvalue weighted by atomic mass is 32.1. The minimum atomic E-state index is 0.821. The lowest BCUT2D eigenvalue weighted by Gasteiger charge is -2.08. The summed E-state index contributed by atoms with van der Waals surface area (Å²) in [6.07, 6.45) is 2.66. The van der Waals surface area contributed by atoms with E-state index >= 15 is 0 Å². The van der Waals surface area contributed by atoms with Gasteiger partial charge in [0.05, 0.1) is 6.54 Å². The lowest BCUT2D eigenvalue weighted by molar-refractivity contribution is 0.764. The minimum Gasteiger partial charge on any atom is -0.307 e. The van der Waals surface area contributed by atoms with E-state index in [-0.39, 0.29) is 0 Å². The fourth-order valence-corrected chi connectivity index (χ4v) is 3.45. The van der Waals surface area contributed by atoms with Crippen LogP contribution in [0, 0.1) is 6.92 Å². The molecule has 1 aromatic carbocycles. The zero-order chi connectivity index (χ0) is 15.6. The average molecular weight is 319 g/mol. The lowest BCUT2D eigenvalue weighted by Crippen LogP contribution is -2.05. The van der Waals surface area contributed by atoms with E-state index in [2.05, 4.69) is 58.3 Å². The van der Waals surface area contributed by atoms with Crippen LogP contribution in [-0.4, -0.2) is 14.5 Å². The summed E-state index contributed by atoms with van der Waals surface area (Å²) in [5, 5.41) is 2.11. The Bertz CT molecular complexity index is 921. The SMILES string of the molecule is Cc1ccc(Cc2nc3cccnc3n2Cc2cccs2)cc1. The van der Waals surface area contributed by atoms with Crippen molar-refractivity contribution >= 4 is 22.5 Å². The van der Waals surface area contributed by atoms with Crippen LogP contribution in [0.3, 0.4) is 0 Å². The van der Waals surface area contributed by atoms with Gasteiger partial charge in [-0.3, -0.25) is 0 Å². The predicted octanol–water partition coefficient (Wildman–Crippen LogP) is 4.44. The molecule has 0 amide bonds. The molecule has 3 nitrogen and oxygen atoms in total. The molecule has 4 heteroatoms. The summed E-state index contributed by atoms with van der Waals surface area (Å²) in [6.45, 7) is 2.94. The Morgan fingerprint density at radius 3 is 2.70 bits per heavy atom. The quantitative estimate of drug-likeness (QED) is 0.557. The van der Waals surface area contributed by atoms with Crippen molar-refractivity contribution in [3.8, 4) is 0 Å². The van der Waals surface area contributed by atoms with E-state index in [1.807, 2.05) is 18.3 Å². The summed E-state index contributed by atoms with van der Waals surface area (Å²) in [4.78, 5) is 10.7. The van der Waals surface area contributed by atoms with Crippen LogP contribution in [0.2, 0.25) is 0 Å². The molecule has 0 fully saturated rings. The minimum absolute atomic E-state index is 0.821. The number of pyridine rings is 1. The third kappa shape index (κ3) is 2.90. The van der Waals surface area contributed by atoms with Gasteiger partial charge in [0.1, 0.15) is 11.3 Å². The van der Waals surface area contributed by atoms with Crippen molar-refractivity contribution in [2.75, 3.05) is 0 Å². The van der Waals surface area contributed by atoms with Gasteiger partial charge in [0.2, 0.25) is 0 Å². The Labute approximate surface area is 139 Å². The molecule has 0 spiro atoms. The van der Waals surface area contributed by atoms with Gasteiger partial charge in [-0.25, -0.2) is 9.97 Å². The number of imidazole rings is 1. The van der Waals surface area contributed by atoms with Crippen LogP contribution in [0.5, 0.6) is 0 Å². The number of rotatable bonds is 4. The van der Waals surface area contributed by atoms with Gasteiger partial charge in [0.25, 0.3) is 0 Å². The third-order valence-corrected chi connectivity index (χ3v) is 4.82. The van der Waals surface area contributed by atoms with Gasteiger partial charge in [-0.1, -0.05) is 35.9 Å². The van der Waals surface area contributed by atoms with Crippen molar-refractivity contribution in [3.63, 3.8) is 0 Å². The molecule has 0 N–H and O–H groups in total. The van der Waals surface area contributed by atoms with E-state index in [1.54, 1.807) is 11.3 Å². The fraction of sp³-hybridized carbons (Fsp3) is 0.158. The Kier molecular flexibility index (Phi) is 3.67. The van der Waals surface area contributed by atoms with E-state index in [1.165, 1.54) is 16.0 Å². The normalized spacial score (nSPS) is 11.2. The molecule has 0 saturated heterocycles. The highest BCUT2D eigenvalue weighted by molar-refractivity contribution is 7.09. The average Bonchev–Trinajstić information content (AvgIpc) is 3.19. The van der Waals surface area contributed by atoms with Crippen molar-refractivity contribution in [2.24, 2.45) is 0 Å². The van der Waals surface area contributed by atoms with Gasteiger partial charge in [-0.2, -0.15) is 0 Å². The third-order valence-electron chi connectivity index (χ3n) is 3.96. The van der Waals surface area contributed by atoms with Crippen LogP contribution < -0.4 is 0 Å². The van der Waals surface area contributed by atoms with Crippen molar-refractivity contribution in [1.82, 2.24) is 14.5 Å². The van der Waals surface area contributed by atoms with Crippen LogP contribution >= 0.6 is 11.3 Å². The maximum atomic E-state index is 4.82. The van der Waals surface area contributed by atoms with Crippen molar-refractivity contribution < 1.29 is 0 Å². The van der Waals surface area contributed by atoms with Crippen molar-refractivity contribution in [3.05, 3.63) is 81.9 Å². The van der Waals surface area contributed by atoms with E-state index < -0.39 is 0 Å². The summed E-state index contributed by atoms with van der Waals surface area (Å²) in [5.41, 5.74) is 4.48.